The summed E-state index contributed by atoms with van der Waals surface area (Å²) in [5, 5.41) is 3.49. The third-order valence-corrected chi connectivity index (χ3v) is 4.86. The van der Waals surface area contributed by atoms with Gasteiger partial charge in [0, 0.05) is 23.9 Å². The highest BCUT2D eigenvalue weighted by atomic mass is 79.9. The van der Waals surface area contributed by atoms with Crippen LogP contribution in [0.4, 0.5) is 11.8 Å². The number of rotatable bonds is 5. The van der Waals surface area contributed by atoms with Gasteiger partial charge in [-0.1, -0.05) is 33.1 Å². The van der Waals surface area contributed by atoms with Crippen LogP contribution in [-0.4, -0.2) is 21.0 Å². The van der Waals surface area contributed by atoms with Crippen LogP contribution < -0.4 is 15.8 Å². The van der Waals surface area contributed by atoms with Gasteiger partial charge in [-0.2, -0.15) is 4.98 Å². The van der Waals surface area contributed by atoms with Crippen LogP contribution in [0.3, 0.4) is 0 Å². The second-order valence-corrected chi connectivity index (χ2v) is 7.53. The lowest BCUT2D eigenvalue weighted by Crippen LogP contribution is -2.23. The van der Waals surface area contributed by atoms with E-state index in [2.05, 4.69) is 50.0 Å². The summed E-state index contributed by atoms with van der Waals surface area (Å²) in [7, 11) is 0. The van der Waals surface area contributed by atoms with Gasteiger partial charge in [-0.15, -0.1) is 0 Å². The molecule has 2 heterocycles. The maximum absolute atomic E-state index is 6.17. The van der Waals surface area contributed by atoms with Crippen LogP contribution in [0, 0.1) is 0 Å². The smallest absolute Gasteiger partial charge is 0.222 e. The molecule has 0 aliphatic heterocycles. The number of nitrogens with one attached hydrogen (secondary N) is 1. The Balaban J connectivity index is 1.88. The van der Waals surface area contributed by atoms with Gasteiger partial charge in [-0.05, 0) is 34.7 Å². The number of hydrogen-bond donors (Lipinski definition) is 2. The van der Waals surface area contributed by atoms with Crippen molar-refractivity contribution >= 4 is 27.7 Å². The highest BCUT2D eigenvalue weighted by Gasteiger charge is 2.18. The molecule has 25 heavy (non-hydrogen) atoms. The highest BCUT2D eigenvalue weighted by molar-refractivity contribution is 9.10. The summed E-state index contributed by atoms with van der Waals surface area (Å²) in [5.74, 6) is 2.52. The van der Waals surface area contributed by atoms with Crippen molar-refractivity contribution in [3.05, 3.63) is 28.6 Å². The molecule has 0 saturated heterocycles. The second kappa shape index (κ2) is 7.99. The summed E-state index contributed by atoms with van der Waals surface area (Å²) in [6.07, 6.45) is 9.52. The molecule has 0 spiro atoms. The number of anilines is 2. The molecule has 1 aliphatic rings. The summed E-state index contributed by atoms with van der Waals surface area (Å²) in [6.45, 7) is 4.22. The zero-order valence-electron chi connectivity index (χ0n) is 14.6. The van der Waals surface area contributed by atoms with Crippen LogP contribution in [0.15, 0.2) is 23.1 Å². The average Bonchev–Trinajstić information content (AvgIpc) is 2.58. The number of halogens is 1. The van der Waals surface area contributed by atoms with Crippen molar-refractivity contribution in [1.82, 2.24) is 15.0 Å². The van der Waals surface area contributed by atoms with Crippen molar-refractivity contribution in [1.29, 1.82) is 0 Å². The first-order valence-corrected chi connectivity index (χ1v) is 9.54. The zero-order chi connectivity index (χ0) is 17.8. The number of pyridine rings is 1. The first kappa shape index (κ1) is 17.9. The highest BCUT2D eigenvalue weighted by Crippen LogP contribution is 2.35. The molecule has 0 unspecified atom stereocenters. The third-order valence-electron chi connectivity index (χ3n) is 4.42. The van der Waals surface area contributed by atoms with Crippen LogP contribution in [-0.2, 0) is 0 Å². The van der Waals surface area contributed by atoms with E-state index in [0.29, 0.717) is 23.5 Å². The van der Waals surface area contributed by atoms with E-state index in [1.165, 1.54) is 19.3 Å². The van der Waals surface area contributed by atoms with Crippen molar-refractivity contribution in [2.24, 2.45) is 0 Å². The maximum atomic E-state index is 6.17. The Hall–Kier alpha value is -1.89. The molecule has 1 fully saturated rings. The molecule has 0 aromatic carbocycles. The van der Waals surface area contributed by atoms with Crippen LogP contribution >= 0.6 is 15.9 Å². The molecule has 134 valence electrons. The summed E-state index contributed by atoms with van der Waals surface area (Å²) >= 11 is 3.41. The van der Waals surface area contributed by atoms with E-state index in [1.54, 1.807) is 6.20 Å². The molecule has 3 N–H and O–H groups in total. The predicted octanol–water partition coefficient (Wildman–Crippen LogP) is 4.88. The van der Waals surface area contributed by atoms with Gasteiger partial charge < -0.3 is 15.8 Å². The lowest BCUT2D eigenvalue weighted by Gasteiger charge is -2.24. The van der Waals surface area contributed by atoms with Crippen LogP contribution in [0.25, 0.3) is 0 Å². The van der Waals surface area contributed by atoms with Crippen LogP contribution in [0.1, 0.15) is 57.4 Å². The average molecular weight is 406 g/mol. The largest absolute Gasteiger partial charge is 0.451 e. The van der Waals surface area contributed by atoms with Gasteiger partial charge in [0.05, 0.1) is 6.20 Å². The molecule has 2 aromatic rings. The summed E-state index contributed by atoms with van der Waals surface area (Å²) in [5.41, 5.74) is 6.82. The molecule has 2 aromatic heterocycles. The molecule has 7 heteroatoms. The quantitative estimate of drug-likeness (QED) is 0.689. The standard InChI is InChI=1S/C18H24BrN5O/c1-11(2)13-9-21-16(19)8-14(13)25-15-10-22-18(20)24-17(15)23-12-6-4-3-5-7-12/h8-12H,3-7H2,1-2H3,(H3,20,22,23,24). The monoisotopic (exact) mass is 405 g/mol. The van der Waals surface area contributed by atoms with Crippen molar-refractivity contribution in [2.75, 3.05) is 11.1 Å². The predicted molar refractivity (Wildman–Crippen MR) is 103 cm³/mol. The molecular weight excluding hydrogens is 382 g/mol. The first-order valence-electron chi connectivity index (χ1n) is 8.75. The fraction of sp³-hybridized carbons (Fsp3) is 0.500. The summed E-state index contributed by atoms with van der Waals surface area (Å²) in [6, 6.07) is 2.27. The van der Waals surface area contributed by atoms with Crippen molar-refractivity contribution in [3.63, 3.8) is 0 Å². The van der Waals surface area contributed by atoms with E-state index >= 15 is 0 Å². The number of hydrogen-bond acceptors (Lipinski definition) is 6. The lowest BCUT2D eigenvalue weighted by molar-refractivity contribution is 0.449. The molecule has 0 radical (unpaired) electrons. The lowest BCUT2D eigenvalue weighted by atomic mass is 9.95. The first-order chi connectivity index (χ1) is 12.0. The van der Waals surface area contributed by atoms with E-state index in [9.17, 15) is 0 Å². The van der Waals surface area contributed by atoms with Gasteiger partial charge >= 0.3 is 0 Å². The van der Waals surface area contributed by atoms with Crippen LogP contribution in [0.5, 0.6) is 11.5 Å². The van der Waals surface area contributed by atoms with Gasteiger partial charge in [0.15, 0.2) is 11.6 Å². The van der Waals surface area contributed by atoms with Gasteiger partial charge in [0.1, 0.15) is 10.4 Å². The molecule has 1 aliphatic carbocycles. The van der Waals surface area contributed by atoms with Gasteiger partial charge in [-0.3, -0.25) is 0 Å². The number of ether oxygens (including phenoxy) is 1. The zero-order valence-corrected chi connectivity index (χ0v) is 16.2. The van der Waals surface area contributed by atoms with E-state index in [1.807, 2.05) is 12.3 Å². The van der Waals surface area contributed by atoms with E-state index in [0.717, 1.165) is 28.8 Å². The maximum Gasteiger partial charge on any atom is 0.222 e. The Kier molecular flexibility index (Phi) is 5.73. The van der Waals surface area contributed by atoms with Gasteiger partial charge in [-0.25, -0.2) is 9.97 Å². The fourth-order valence-corrected chi connectivity index (χ4v) is 3.38. The minimum Gasteiger partial charge on any atom is -0.451 e. The molecule has 0 amide bonds. The number of nitrogens with zero attached hydrogens (tertiary/aromatic N) is 3. The topological polar surface area (TPSA) is 86.0 Å². The molecule has 3 rings (SSSR count). The Morgan fingerprint density at radius 2 is 1.92 bits per heavy atom. The molecule has 6 nitrogen and oxygen atoms in total. The van der Waals surface area contributed by atoms with Gasteiger partial charge in [0.25, 0.3) is 0 Å². The molecular formula is C18H24BrN5O. The van der Waals surface area contributed by atoms with E-state index < -0.39 is 0 Å². The van der Waals surface area contributed by atoms with Crippen molar-refractivity contribution in [3.8, 4) is 11.5 Å². The second-order valence-electron chi connectivity index (χ2n) is 6.72. The normalized spacial score (nSPS) is 15.4. The summed E-state index contributed by atoms with van der Waals surface area (Å²) in [4.78, 5) is 12.8. The minimum absolute atomic E-state index is 0.241. The number of nitrogens with two attached hydrogens (primary N) is 1. The van der Waals surface area contributed by atoms with Crippen LogP contribution in [0.2, 0.25) is 0 Å². The molecule has 0 atom stereocenters. The Bertz CT molecular complexity index is 731. The van der Waals surface area contributed by atoms with E-state index in [4.69, 9.17) is 10.5 Å². The Morgan fingerprint density at radius 3 is 2.64 bits per heavy atom. The van der Waals surface area contributed by atoms with Crippen molar-refractivity contribution < 1.29 is 4.74 Å². The number of nitrogen functional groups attached to an aromatic ring is 1. The fourth-order valence-electron chi connectivity index (χ4n) is 3.07. The Labute approximate surface area is 156 Å². The molecule has 1 saturated carbocycles. The summed E-state index contributed by atoms with van der Waals surface area (Å²) < 4.78 is 6.89. The third kappa shape index (κ3) is 4.60. The SMILES string of the molecule is CC(C)c1cnc(Br)cc1Oc1cnc(N)nc1NC1CCCCC1. The molecule has 0 bridgehead atoms. The number of aromatic nitrogens is 3. The Morgan fingerprint density at radius 1 is 1.16 bits per heavy atom. The van der Waals surface area contributed by atoms with Gasteiger partial charge in [0.2, 0.25) is 5.95 Å². The van der Waals surface area contributed by atoms with Crippen molar-refractivity contribution in [2.45, 2.75) is 57.9 Å². The van der Waals surface area contributed by atoms with E-state index in [-0.39, 0.29) is 5.95 Å². The minimum atomic E-state index is 0.241.